The van der Waals surface area contributed by atoms with Gasteiger partial charge in [-0.2, -0.15) is 0 Å². The fourth-order valence-electron chi connectivity index (χ4n) is 1.35. The Morgan fingerprint density at radius 3 is 2.36 bits per heavy atom. The van der Waals surface area contributed by atoms with E-state index in [1.54, 1.807) is 0 Å². The van der Waals surface area contributed by atoms with Crippen molar-refractivity contribution in [1.29, 1.82) is 0 Å². The van der Waals surface area contributed by atoms with Crippen molar-refractivity contribution in [1.82, 2.24) is 4.98 Å². The lowest BCUT2D eigenvalue weighted by Crippen LogP contribution is -2.34. The molecular weight excluding hydrogens is 172 g/mol. The van der Waals surface area contributed by atoms with Crippen molar-refractivity contribution < 1.29 is 0 Å². The molecule has 0 aliphatic rings. The Kier molecular flexibility index (Phi) is 3.27. The predicted molar refractivity (Wildman–Crippen MR) is 60.3 cm³/mol. The molecule has 0 amide bonds. The summed E-state index contributed by atoms with van der Waals surface area (Å²) in [6, 6.07) is 4.21. The fraction of sp³-hybridized carbons (Fsp3) is 0.583. The molecule has 1 aromatic rings. The maximum atomic E-state index is 5.93. The van der Waals surface area contributed by atoms with Crippen molar-refractivity contribution in [2.45, 2.75) is 45.6 Å². The van der Waals surface area contributed by atoms with E-state index < -0.39 is 0 Å². The summed E-state index contributed by atoms with van der Waals surface area (Å²) in [7, 11) is 0. The van der Waals surface area contributed by atoms with Crippen LogP contribution in [0, 0.1) is 0 Å². The first-order valence-electron chi connectivity index (χ1n) is 5.12. The molecule has 0 spiro atoms. The SMILES string of the molecule is CC(C)c1ccc(CC(C)(C)N)nc1. The molecule has 0 unspecified atom stereocenters. The summed E-state index contributed by atoms with van der Waals surface area (Å²) in [5.74, 6) is 0.544. The van der Waals surface area contributed by atoms with E-state index in [2.05, 4.69) is 31.0 Å². The van der Waals surface area contributed by atoms with Crippen LogP contribution in [0.3, 0.4) is 0 Å². The van der Waals surface area contributed by atoms with Gasteiger partial charge in [0.05, 0.1) is 0 Å². The first-order valence-corrected chi connectivity index (χ1v) is 5.12. The number of pyridine rings is 1. The van der Waals surface area contributed by atoms with Crippen LogP contribution in [0.4, 0.5) is 0 Å². The van der Waals surface area contributed by atoms with Crippen molar-refractivity contribution in [2.75, 3.05) is 0 Å². The van der Waals surface area contributed by atoms with E-state index in [4.69, 9.17) is 5.73 Å². The third-order valence-electron chi connectivity index (χ3n) is 2.15. The quantitative estimate of drug-likeness (QED) is 0.799. The zero-order chi connectivity index (χ0) is 10.8. The lowest BCUT2D eigenvalue weighted by molar-refractivity contribution is 0.510. The van der Waals surface area contributed by atoms with Gasteiger partial charge in [-0.3, -0.25) is 4.98 Å². The molecule has 0 aromatic carbocycles. The summed E-state index contributed by atoms with van der Waals surface area (Å²) in [6.07, 6.45) is 2.77. The minimum absolute atomic E-state index is 0.174. The summed E-state index contributed by atoms with van der Waals surface area (Å²) in [5, 5.41) is 0. The molecule has 0 saturated heterocycles. The van der Waals surface area contributed by atoms with Crippen LogP contribution in [-0.2, 0) is 6.42 Å². The van der Waals surface area contributed by atoms with E-state index in [9.17, 15) is 0 Å². The molecule has 0 bridgehead atoms. The van der Waals surface area contributed by atoms with Crippen LogP contribution in [0.25, 0.3) is 0 Å². The van der Waals surface area contributed by atoms with E-state index in [0.717, 1.165) is 12.1 Å². The fourth-order valence-corrected chi connectivity index (χ4v) is 1.35. The highest BCUT2D eigenvalue weighted by Gasteiger charge is 2.12. The maximum Gasteiger partial charge on any atom is 0.0421 e. The maximum absolute atomic E-state index is 5.93. The van der Waals surface area contributed by atoms with Crippen LogP contribution in [0.1, 0.15) is 44.9 Å². The Morgan fingerprint density at radius 2 is 2.00 bits per heavy atom. The molecule has 0 saturated carbocycles. The van der Waals surface area contributed by atoms with Gasteiger partial charge in [0.2, 0.25) is 0 Å². The highest BCUT2D eigenvalue weighted by molar-refractivity contribution is 5.18. The van der Waals surface area contributed by atoms with Crippen LogP contribution >= 0.6 is 0 Å². The second kappa shape index (κ2) is 4.09. The van der Waals surface area contributed by atoms with Gasteiger partial charge < -0.3 is 5.73 Å². The van der Waals surface area contributed by atoms with Crippen molar-refractivity contribution in [2.24, 2.45) is 5.73 Å². The molecule has 0 atom stereocenters. The van der Waals surface area contributed by atoms with Crippen molar-refractivity contribution in [3.63, 3.8) is 0 Å². The summed E-state index contributed by atoms with van der Waals surface area (Å²) in [5.41, 5.74) is 8.10. The highest BCUT2D eigenvalue weighted by atomic mass is 14.7. The molecule has 2 nitrogen and oxygen atoms in total. The zero-order valence-corrected chi connectivity index (χ0v) is 9.54. The summed E-state index contributed by atoms with van der Waals surface area (Å²) in [6.45, 7) is 8.38. The van der Waals surface area contributed by atoms with Gasteiger partial charge in [0.15, 0.2) is 0 Å². The molecule has 1 aromatic heterocycles. The molecule has 0 aliphatic heterocycles. The van der Waals surface area contributed by atoms with E-state index >= 15 is 0 Å². The Labute approximate surface area is 86.5 Å². The lowest BCUT2D eigenvalue weighted by atomic mass is 9.98. The van der Waals surface area contributed by atoms with E-state index in [1.807, 2.05) is 20.0 Å². The highest BCUT2D eigenvalue weighted by Crippen LogP contribution is 2.14. The number of nitrogens with two attached hydrogens (primary N) is 1. The zero-order valence-electron chi connectivity index (χ0n) is 9.54. The first kappa shape index (κ1) is 11.2. The lowest BCUT2D eigenvalue weighted by Gasteiger charge is -2.17. The Hall–Kier alpha value is -0.890. The molecule has 14 heavy (non-hydrogen) atoms. The molecule has 2 N–H and O–H groups in total. The van der Waals surface area contributed by atoms with Crippen LogP contribution < -0.4 is 5.73 Å². The largest absolute Gasteiger partial charge is 0.325 e. The van der Waals surface area contributed by atoms with Gasteiger partial charge >= 0.3 is 0 Å². The first-order chi connectivity index (χ1) is 6.38. The normalized spacial score (nSPS) is 12.1. The third-order valence-corrected chi connectivity index (χ3v) is 2.15. The van der Waals surface area contributed by atoms with Crippen molar-refractivity contribution in [3.05, 3.63) is 29.6 Å². The number of hydrogen-bond donors (Lipinski definition) is 1. The van der Waals surface area contributed by atoms with Gasteiger partial charge in [-0.05, 0) is 31.4 Å². The number of hydrogen-bond acceptors (Lipinski definition) is 2. The average Bonchev–Trinajstić information content (AvgIpc) is 2.02. The second-order valence-electron chi connectivity index (χ2n) is 4.90. The molecule has 2 heteroatoms. The average molecular weight is 192 g/mol. The molecular formula is C12H20N2. The Bertz CT molecular complexity index is 280. The monoisotopic (exact) mass is 192 g/mol. The Morgan fingerprint density at radius 1 is 1.36 bits per heavy atom. The van der Waals surface area contributed by atoms with Crippen molar-refractivity contribution in [3.8, 4) is 0 Å². The molecule has 78 valence electrons. The molecule has 0 fully saturated rings. The van der Waals surface area contributed by atoms with E-state index in [0.29, 0.717) is 5.92 Å². The smallest absolute Gasteiger partial charge is 0.0421 e. The summed E-state index contributed by atoms with van der Waals surface area (Å²) >= 11 is 0. The van der Waals surface area contributed by atoms with Gasteiger partial charge in [0.1, 0.15) is 0 Å². The number of rotatable bonds is 3. The summed E-state index contributed by atoms with van der Waals surface area (Å²) < 4.78 is 0. The van der Waals surface area contributed by atoms with Crippen LogP contribution in [0.15, 0.2) is 18.3 Å². The predicted octanol–water partition coefficient (Wildman–Crippen LogP) is 2.48. The van der Waals surface area contributed by atoms with Crippen LogP contribution in [0.2, 0.25) is 0 Å². The minimum atomic E-state index is -0.174. The minimum Gasteiger partial charge on any atom is -0.325 e. The van der Waals surface area contributed by atoms with Gasteiger partial charge in [0.25, 0.3) is 0 Å². The van der Waals surface area contributed by atoms with Crippen LogP contribution in [0.5, 0.6) is 0 Å². The Balaban J connectivity index is 2.74. The van der Waals surface area contributed by atoms with Crippen molar-refractivity contribution >= 4 is 0 Å². The second-order valence-corrected chi connectivity index (χ2v) is 4.90. The number of nitrogens with zero attached hydrogens (tertiary/aromatic N) is 1. The standard InChI is InChI=1S/C12H20N2/c1-9(2)10-5-6-11(14-8-10)7-12(3,4)13/h5-6,8-9H,7,13H2,1-4H3. The van der Waals surface area contributed by atoms with Gasteiger partial charge in [0, 0.05) is 23.9 Å². The van der Waals surface area contributed by atoms with E-state index in [-0.39, 0.29) is 5.54 Å². The van der Waals surface area contributed by atoms with E-state index in [1.165, 1.54) is 5.56 Å². The van der Waals surface area contributed by atoms with Gasteiger partial charge in [-0.1, -0.05) is 19.9 Å². The molecule has 0 radical (unpaired) electrons. The molecule has 1 rings (SSSR count). The van der Waals surface area contributed by atoms with Gasteiger partial charge in [-0.25, -0.2) is 0 Å². The summed E-state index contributed by atoms with van der Waals surface area (Å²) in [4.78, 5) is 4.41. The molecule has 0 aliphatic carbocycles. The third kappa shape index (κ3) is 3.46. The topological polar surface area (TPSA) is 38.9 Å². The molecule has 1 heterocycles. The van der Waals surface area contributed by atoms with Crippen LogP contribution in [-0.4, -0.2) is 10.5 Å². The van der Waals surface area contributed by atoms with Gasteiger partial charge in [-0.15, -0.1) is 0 Å². The number of aromatic nitrogens is 1.